The summed E-state index contributed by atoms with van der Waals surface area (Å²) in [6.45, 7) is 0.409. The molecule has 5 heteroatoms. The smallest absolute Gasteiger partial charge is 0.258 e. The van der Waals surface area contributed by atoms with Crippen LogP contribution in [0.3, 0.4) is 0 Å². The van der Waals surface area contributed by atoms with Crippen LogP contribution in [-0.2, 0) is 6.54 Å². The molecule has 3 rings (SSSR count). The lowest BCUT2D eigenvalue weighted by atomic mass is 10.1. The van der Waals surface area contributed by atoms with Gasteiger partial charge in [0.15, 0.2) is 0 Å². The fourth-order valence-corrected chi connectivity index (χ4v) is 2.62. The van der Waals surface area contributed by atoms with E-state index in [0.29, 0.717) is 23.6 Å². The first-order chi connectivity index (χ1) is 12.7. The van der Waals surface area contributed by atoms with Gasteiger partial charge in [-0.25, -0.2) is 0 Å². The molecule has 26 heavy (non-hydrogen) atoms. The summed E-state index contributed by atoms with van der Waals surface area (Å²) in [4.78, 5) is 19.0. The molecule has 0 saturated carbocycles. The summed E-state index contributed by atoms with van der Waals surface area (Å²) < 4.78 is 10.5. The quantitative estimate of drug-likeness (QED) is 0.677. The van der Waals surface area contributed by atoms with Crippen molar-refractivity contribution in [3.63, 3.8) is 0 Å². The van der Waals surface area contributed by atoms with Crippen LogP contribution >= 0.6 is 0 Å². The number of benzene rings is 2. The van der Waals surface area contributed by atoms with Gasteiger partial charge in [-0.1, -0.05) is 12.1 Å². The van der Waals surface area contributed by atoms with Gasteiger partial charge in [0.2, 0.25) is 0 Å². The third-order valence-electron chi connectivity index (χ3n) is 4.01. The molecule has 0 radical (unpaired) electrons. The molecular formula is C21H20N2O3. The summed E-state index contributed by atoms with van der Waals surface area (Å²) in [5, 5.41) is 0. The molecular weight excluding hydrogens is 328 g/mol. The van der Waals surface area contributed by atoms with Crippen LogP contribution in [0.15, 0.2) is 73.1 Å². The third kappa shape index (κ3) is 4.00. The van der Waals surface area contributed by atoms with Gasteiger partial charge in [0.25, 0.3) is 5.91 Å². The van der Waals surface area contributed by atoms with Gasteiger partial charge in [0, 0.05) is 29.7 Å². The molecule has 1 amide bonds. The number of carbonyl (C=O) groups excluding carboxylic acids is 1. The van der Waals surface area contributed by atoms with Gasteiger partial charge in [-0.05, 0) is 48.0 Å². The van der Waals surface area contributed by atoms with Crippen LogP contribution in [0.1, 0.15) is 15.9 Å². The number of amides is 1. The predicted molar refractivity (Wildman–Crippen MR) is 101 cm³/mol. The molecule has 0 unspecified atom stereocenters. The average molecular weight is 348 g/mol. The van der Waals surface area contributed by atoms with Crippen molar-refractivity contribution in [1.82, 2.24) is 4.98 Å². The fourth-order valence-electron chi connectivity index (χ4n) is 2.62. The van der Waals surface area contributed by atoms with E-state index in [4.69, 9.17) is 9.47 Å². The molecule has 0 spiro atoms. The Bertz CT molecular complexity index is 864. The van der Waals surface area contributed by atoms with Gasteiger partial charge in [-0.2, -0.15) is 0 Å². The number of pyridine rings is 1. The summed E-state index contributed by atoms with van der Waals surface area (Å²) >= 11 is 0. The van der Waals surface area contributed by atoms with Crippen LogP contribution in [0, 0.1) is 0 Å². The molecule has 0 aliphatic heterocycles. The average Bonchev–Trinajstić information content (AvgIpc) is 2.72. The minimum Gasteiger partial charge on any atom is -0.497 e. The molecule has 0 aliphatic carbocycles. The first-order valence-electron chi connectivity index (χ1n) is 8.20. The molecule has 5 nitrogen and oxygen atoms in total. The summed E-state index contributed by atoms with van der Waals surface area (Å²) in [6, 6.07) is 18.3. The van der Waals surface area contributed by atoms with Crippen LogP contribution in [0.25, 0.3) is 0 Å². The monoisotopic (exact) mass is 348 g/mol. The van der Waals surface area contributed by atoms with E-state index in [-0.39, 0.29) is 5.91 Å². The number of anilines is 1. The van der Waals surface area contributed by atoms with Crippen molar-refractivity contribution in [3.05, 3.63) is 84.2 Å². The summed E-state index contributed by atoms with van der Waals surface area (Å²) in [5.74, 6) is 1.30. The van der Waals surface area contributed by atoms with Gasteiger partial charge < -0.3 is 14.4 Å². The SMILES string of the molecule is COc1ccc(C(=O)N(Cc2cccnc2)c2cccc(OC)c2)cc1. The highest BCUT2D eigenvalue weighted by atomic mass is 16.5. The molecule has 1 aromatic heterocycles. The van der Waals surface area contributed by atoms with E-state index < -0.39 is 0 Å². The second kappa shape index (κ2) is 8.16. The zero-order valence-corrected chi connectivity index (χ0v) is 14.8. The Hall–Kier alpha value is -3.34. The molecule has 0 bridgehead atoms. The van der Waals surface area contributed by atoms with E-state index in [1.807, 2.05) is 36.4 Å². The lowest BCUT2D eigenvalue weighted by Crippen LogP contribution is -2.30. The van der Waals surface area contributed by atoms with E-state index >= 15 is 0 Å². The Morgan fingerprint density at radius 2 is 1.73 bits per heavy atom. The van der Waals surface area contributed by atoms with Gasteiger partial charge in [0.1, 0.15) is 11.5 Å². The summed E-state index contributed by atoms with van der Waals surface area (Å²) in [7, 11) is 3.21. The zero-order valence-electron chi connectivity index (χ0n) is 14.8. The maximum atomic E-state index is 13.2. The first kappa shape index (κ1) is 17.5. The van der Waals surface area contributed by atoms with Crippen LogP contribution in [0.5, 0.6) is 11.5 Å². The lowest BCUT2D eigenvalue weighted by Gasteiger charge is -2.23. The maximum Gasteiger partial charge on any atom is 0.258 e. The fraction of sp³-hybridized carbons (Fsp3) is 0.143. The first-order valence-corrected chi connectivity index (χ1v) is 8.20. The third-order valence-corrected chi connectivity index (χ3v) is 4.01. The van der Waals surface area contributed by atoms with Gasteiger partial charge in [-0.3, -0.25) is 9.78 Å². The van der Waals surface area contributed by atoms with Crippen molar-refractivity contribution in [2.45, 2.75) is 6.54 Å². The number of rotatable bonds is 6. The van der Waals surface area contributed by atoms with Crippen molar-refractivity contribution in [2.24, 2.45) is 0 Å². The van der Waals surface area contributed by atoms with Gasteiger partial charge in [0.05, 0.1) is 20.8 Å². The Labute approximate surface area is 152 Å². The molecule has 3 aromatic rings. The highest BCUT2D eigenvalue weighted by Crippen LogP contribution is 2.25. The second-order valence-electron chi connectivity index (χ2n) is 5.68. The van der Waals surface area contributed by atoms with E-state index in [2.05, 4.69) is 4.98 Å². The Kier molecular flexibility index (Phi) is 5.49. The molecule has 0 aliphatic rings. The van der Waals surface area contributed by atoms with Crippen molar-refractivity contribution in [2.75, 3.05) is 19.1 Å². The van der Waals surface area contributed by atoms with E-state index in [0.717, 1.165) is 11.3 Å². The van der Waals surface area contributed by atoms with E-state index in [1.165, 1.54) is 0 Å². The van der Waals surface area contributed by atoms with Crippen molar-refractivity contribution >= 4 is 11.6 Å². The predicted octanol–water partition coefficient (Wildman–Crippen LogP) is 3.95. The highest BCUT2D eigenvalue weighted by Gasteiger charge is 2.19. The number of ether oxygens (including phenoxy) is 2. The lowest BCUT2D eigenvalue weighted by molar-refractivity contribution is 0.0985. The van der Waals surface area contributed by atoms with Gasteiger partial charge >= 0.3 is 0 Å². The van der Waals surface area contributed by atoms with E-state index in [9.17, 15) is 4.79 Å². The van der Waals surface area contributed by atoms with E-state index in [1.54, 1.807) is 55.8 Å². The molecule has 132 valence electrons. The number of hydrogen-bond acceptors (Lipinski definition) is 4. The van der Waals surface area contributed by atoms with Crippen LogP contribution in [0.2, 0.25) is 0 Å². The normalized spacial score (nSPS) is 10.2. The molecule has 0 N–H and O–H groups in total. The minimum atomic E-state index is -0.107. The molecule has 0 atom stereocenters. The van der Waals surface area contributed by atoms with Crippen molar-refractivity contribution in [3.8, 4) is 11.5 Å². The van der Waals surface area contributed by atoms with Crippen LogP contribution in [0.4, 0.5) is 5.69 Å². The largest absolute Gasteiger partial charge is 0.497 e. The Morgan fingerprint density at radius 1 is 0.962 bits per heavy atom. The highest BCUT2D eigenvalue weighted by molar-refractivity contribution is 6.06. The second-order valence-corrected chi connectivity index (χ2v) is 5.68. The molecule has 0 fully saturated rings. The molecule has 2 aromatic carbocycles. The number of hydrogen-bond donors (Lipinski definition) is 0. The van der Waals surface area contributed by atoms with Crippen LogP contribution < -0.4 is 14.4 Å². The standard InChI is InChI=1S/C21H20N2O3/c1-25-19-10-8-17(9-11-19)21(24)23(15-16-5-4-12-22-14-16)18-6-3-7-20(13-18)26-2/h3-14H,15H2,1-2H3. The zero-order chi connectivity index (χ0) is 18.4. The number of aromatic nitrogens is 1. The topological polar surface area (TPSA) is 51.7 Å². The molecule has 1 heterocycles. The Morgan fingerprint density at radius 3 is 2.38 bits per heavy atom. The number of methoxy groups -OCH3 is 2. The summed E-state index contributed by atoms with van der Waals surface area (Å²) in [5.41, 5.74) is 2.28. The van der Waals surface area contributed by atoms with Crippen LogP contribution in [-0.4, -0.2) is 25.1 Å². The van der Waals surface area contributed by atoms with Gasteiger partial charge in [-0.15, -0.1) is 0 Å². The number of carbonyl (C=O) groups is 1. The summed E-state index contributed by atoms with van der Waals surface area (Å²) in [6.07, 6.45) is 3.47. The van der Waals surface area contributed by atoms with Crippen molar-refractivity contribution in [1.29, 1.82) is 0 Å². The Balaban J connectivity index is 1.96. The molecule has 0 saturated heterocycles. The number of nitrogens with zero attached hydrogens (tertiary/aromatic N) is 2. The van der Waals surface area contributed by atoms with Crippen molar-refractivity contribution < 1.29 is 14.3 Å². The maximum absolute atomic E-state index is 13.2. The minimum absolute atomic E-state index is 0.107.